The van der Waals surface area contributed by atoms with E-state index < -0.39 is 29.8 Å². The summed E-state index contributed by atoms with van der Waals surface area (Å²) in [7, 11) is 0. The number of epoxide rings is 5. The Morgan fingerprint density at radius 3 is 0.701 bits per heavy atom. The molecule has 15 nitrogen and oxygen atoms in total. The van der Waals surface area contributed by atoms with E-state index in [1.165, 1.54) is 0 Å². The van der Waals surface area contributed by atoms with Crippen LogP contribution in [-0.2, 0) is 47.4 Å². The van der Waals surface area contributed by atoms with E-state index in [2.05, 4.69) is 0 Å². The number of hydrogen-bond acceptors (Lipinski definition) is 15. The van der Waals surface area contributed by atoms with Crippen molar-refractivity contribution in [3.8, 4) is 44.5 Å². The van der Waals surface area contributed by atoms with Gasteiger partial charge in [0.1, 0.15) is 63.6 Å². The van der Waals surface area contributed by atoms with Crippen LogP contribution in [0.3, 0.4) is 0 Å². The molecule has 67 heavy (non-hydrogen) atoms. The maximum absolute atomic E-state index is 13.9. The normalized spacial score (nSPS) is 20.5. The molecule has 15 heteroatoms. The second-order valence-electron chi connectivity index (χ2n) is 17.3. The highest BCUT2D eigenvalue weighted by Crippen LogP contribution is 2.37. The first kappa shape index (κ1) is 44.1. The monoisotopic (exact) mass is 910 g/mol. The van der Waals surface area contributed by atoms with Gasteiger partial charge in [0.2, 0.25) is 0 Å². The maximum Gasteiger partial charge on any atom is 0.338 e. The van der Waals surface area contributed by atoms with Gasteiger partial charge in [-0.2, -0.15) is 0 Å². The summed E-state index contributed by atoms with van der Waals surface area (Å²) in [6.45, 7) is 6.77. The van der Waals surface area contributed by atoms with E-state index in [0.29, 0.717) is 88.7 Å². The summed E-state index contributed by atoms with van der Waals surface area (Å²) in [6.07, 6.45) is -0.757. The topological polar surface area (TPSA) is 194 Å². The molecule has 5 saturated heterocycles. The molecule has 0 amide bonds. The van der Waals surface area contributed by atoms with E-state index in [1.807, 2.05) is 44.2 Å². The van der Waals surface area contributed by atoms with Gasteiger partial charge in [0.05, 0.1) is 60.9 Å². The summed E-state index contributed by atoms with van der Waals surface area (Å²) < 4.78 is 54.3. The quantitative estimate of drug-likeness (QED) is 0.0479. The Bertz CT molecular complexity index is 2600. The number of rotatable bonds is 19. The van der Waals surface area contributed by atoms with Gasteiger partial charge in [-0.1, -0.05) is 12.1 Å². The summed E-state index contributed by atoms with van der Waals surface area (Å²) >= 11 is 0. The maximum atomic E-state index is 13.9. The third kappa shape index (κ3) is 11.6. The fraction of sp³-hybridized carbons (Fsp3) is 0.327. The number of hydrogen-bond donors (Lipinski definition) is 0. The minimum atomic E-state index is -0.615. The second kappa shape index (κ2) is 18.9. The van der Waals surface area contributed by atoms with Crippen LogP contribution in [0.2, 0.25) is 0 Å². The van der Waals surface area contributed by atoms with E-state index in [4.69, 9.17) is 47.4 Å². The Kier molecular flexibility index (Phi) is 12.4. The van der Waals surface area contributed by atoms with Crippen LogP contribution in [-0.4, -0.2) is 126 Å². The highest BCUT2D eigenvalue weighted by molar-refractivity contribution is 5.99. The molecular formula is C52H46O15. The van der Waals surface area contributed by atoms with Crippen LogP contribution in [0.25, 0.3) is 44.5 Å². The molecule has 0 radical (unpaired) electrons. The largest absolute Gasteiger partial charge is 0.459 e. The molecule has 5 aliphatic rings. The van der Waals surface area contributed by atoms with Crippen LogP contribution in [0.15, 0.2) is 91.0 Å². The van der Waals surface area contributed by atoms with Crippen LogP contribution in [0.5, 0.6) is 0 Å². The molecule has 5 aromatic carbocycles. The van der Waals surface area contributed by atoms with E-state index in [0.717, 1.165) is 11.1 Å². The Balaban J connectivity index is 1.08. The molecular weight excluding hydrogens is 865 g/mol. The average Bonchev–Trinajstić information content (AvgIpc) is 4.13. The first-order valence-corrected chi connectivity index (χ1v) is 22.1. The van der Waals surface area contributed by atoms with E-state index in [9.17, 15) is 24.0 Å². The lowest BCUT2D eigenvalue weighted by atomic mass is 9.90. The third-order valence-corrected chi connectivity index (χ3v) is 11.5. The molecule has 10 rings (SSSR count). The van der Waals surface area contributed by atoms with Gasteiger partial charge in [-0.3, -0.25) is 0 Å². The number of esters is 5. The van der Waals surface area contributed by atoms with Crippen molar-refractivity contribution < 1.29 is 71.3 Å². The van der Waals surface area contributed by atoms with E-state index in [-0.39, 0.29) is 80.2 Å². The number of ether oxygens (including phenoxy) is 10. The van der Waals surface area contributed by atoms with E-state index >= 15 is 0 Å². The smallest absolute Gasteiger partial charge is 0.338 e. The second-order valence-corrected chi connectivity index (χ2v) is 17.3. The van der Waals surface area contributed by atoms with Crippen LogP contribution < -0.4 is 0 Å². The van der Waals surface area contributed by atoms with Gasteiger partial charge >= 0.3 is 29.8 Å². The van der Waals surface area contributed by atoms with Crippen molar-refractivity contribution in [1.29, 1.82) is 0 Å². The summed E-state index contributed by atoms with van der Waals surface area (Å²) in [4.78, 5) is 67.8. The first-order chi connectivity index (χ1) is 32.5. The highest BCUT2D eigenvalue weighted by atomic mass is 16.6. The predicted octanol–water partition coefficient (Wildman–Crippen LogP) is 6.75. The van der Waals surface area contributed by atoms with Crippen LogP contribution in [0, 0.1) is 13.8 Å². The van der Waals surface area contributed by atoms with Gasteiger partial charge in [0.25, 0.3) is 0 Å². The van der Waals surface area contributed by atoms with Gasteiger partial charge in [-0.25, -0.2) is 24.0 Å². The summed E-state index contributed by atoms with van der Waals surface area (Å²) in [5, 5.41) is 0. The molecule has 5 heterocycles. The zero-order valence-corrected chi connectivity index (χ0v) is 36.7. The number of carbonyl (C=O) groups excluding carboxylic acids is 5. The van der Waals surface area contributed by atoms with Crippen molar-refractivity contribution in [2.24, 2.45) is 0 Å². The molecule has 0 aromatic heterocycles. The van der Waals surface area contributed by atoms with Gasteiger partial charge < -0.3 is 47.4 Å². The van der Waals surface area contributed by atoms with Crippen molar-refractivity contribution in [3.05, 3.63) is 130 Å². The Morgan fingerprint density at radius 2 is 0.507 bits per heavy atom. The molecule has 5 fully saturated rings. The number of aryl methyl sites for hydroxylation is 2. The lowest BCUT2D eigenvalue weighted by Gasteiger charge is -2.16. The molecule has 0 N–H and O–H groups in total. The fourth-order valence-electron chi connectivity index (χ4n) is 7.45. The van der Waals surface area contributed by atoms with Gasteiger partial charge in [0, 0.05) is 0 Å². The average molecular weight is 911 g/mol. The Morgan fingerprint density at radius 1 is 0.328 bits per heavy atom. The Labute approximate surface area is 385 Å². The van der Waals surface area contributed by atoms with E-state index in [1.54, 1.807) is 60.7 Å². The zero-order valence-electron chi connectivity index (χ0n) is 36.7. The van der Waals surface area contributed by atoms with Crippen molar-refractivity contribution in [3.63, 3.8) is 0 Å². The fourth-order valence-corrected chi connectivity index (χ4v) is 7.45. The van der Waals surface area contributed by atoms with Gasteiger partial charge in [-0.05, 0) is 148 Å². The first-order valence-electron chi connectivity index (χ1n) is 22.1. The summed E-state index contributed by atoms with van der Waals surface area (Å²) in [5.41, 5.74) is 7.37. The minimum Gasteiger partial charge on any atom is -0.459 e. The van der Waals surface area contributed by atoms with Gasteiger partial charge in [-0.15, -0.1) is 0 Å². The molecule has 5 aromatic rings. The van der Waals surface area contributed by atoms with Crippen molar-refractivity contribution in [1.82, 2.24) is 0 Å². The molecule has 5 aliphatic heterocycles. The minimum absolute atomic E-state index is 0.0579. The number of carbonyl (C=O) groups is 5. The molecule has 0 saturated carbocycles. The zero-order chi connectivity index (χ0) is 46.2. The van der Waals surface area contributed by atoms with Gasteiger partial charge in [0.15, 0.2) is 0 Å². The predicted molar refractivity (Wildman–Crippen MR) is 238 cm³/mol. The lowest BCUT2D eigenvalue weighted by Crippen LogP contribution is -2.11. The third-order valence-electron chi connectivity index (χ3n) is 11.5. The van der Waals surface area contributed by atoms with Crippen molar-refractivity contribution in [2.45, 2.75) is 44.4 Å². The molecule has 0 bridgehead atoms. The molecule has 5 atom stereocenters. The SMILES string of the molecule is Cc1cc(C(=O)OCC2CO2)cc(-c2cc(C(=O)OCC3CO3)cc(-c3cc(C(=O)OCC4CO4)cc(-c4cc(C(=O)OCC5CO5)cc(-c5cc(C)cc(C(=O)OCC6CO6)c5)c4)c3)c2)c1. The molecule has 344 valence electrons. The van der Waals surface area contributed by atoms with Crippen molar-refractivity contribution >= 4 is 29.8 Å². The molecule has 0 aliphatic carbocycles. The number of benzene rings is 5. The van der Waals surface area contributed by atoms with Crippen LogP contribution in [0.1, 0.15) is 62.9 Å². The van der Waals surface area contributed by atoms with Crippen LogP contribution >= 0.6 is 0 Å². The lowest BCUT2D eigenvalue weighted by molar-refractivity contribution is 0.0468. The standard InChI is InChI=1S/C52H46O15/c1-28-3-30(10-38(5-28)48(53)63-23-43-18-58-43)32-7-34(14-40(12-32)50(55)65-25-45-20-60-45)36-9-37(17-42(16-36)52(57)67-27-47-22-62-47)35-8-33(13-41(15-35)51(56)66-26-46-21-61-46)31-4-29(2)6-39(11-31)49(54)64-24-44-19-59-44/h3-17,43-47H,18-27H2,1-2H3. The summed E-state index contributed by atoms with van der Waals surface area (Å²) in [5.74, 6) is -2.82. The Hall–Kier alpha value is -6.75. The summed E-state index contributed by atoms with van der Waals surface area (Å²) in [6, 6.07) is 26.3. The van der Waals surface area contributed by atoms with Crippen LogP contribution in [0.4, 0.5) is 0 Å². The van der Waals surface area contributed by atoms with Crippen molar-refractivity contribution in [2.75, 3.05) is 66.1 Å². The molecule has 5 unspecified atom stereocenters. The molecule has 0 spiro atoms. The highest BCUT2D eigenvalue weighted by Gasteiger charge is 2.29.